The van der Waals surface area contributed by atoms with Gasteiger partial charge in [0.1, 0.15) is 11.6 Å². The quantitative estimate of drug-likeness (QED) is 0.304. The molecule has 0 atom stereocenters. The van der Waals surface area contributed by atoms with Crippen LogP contribution in [-0.2, 0) is 26.7 Å². The highest BCUT2D eigenvalue weighted by molar-refractivity contribution is 5.97. The third-order valence-corrected chi connectivity index (χ3v) is 4.72. The zero-order chi connectivity index (χ0) is 24.1. The Morgan fingerprint density at radius 1 is 1.12 bits per heavy atom. The number of benzene rings is 1. The van der Waals surface area contributed by atoms with Gasteiger partial charge >= 0.3 is 18.3 Å². The highest BCUT2D eigenvalue weighted by atomic mass is 19.4. The molecule has 1 heterocycles. The standard InChI is InChI=1S/C20H19F6N3O3/c1-2-32-18(31)12-3-5-29(6-4-12)17(30)13(10-27)11-28-16-8-14(19(21,22)23)7-15(9-16)20(24,25)26/h7-9,11-12,28H,2-6H2,1H3/b13-11-. The van der Waals surface area contributed by atoms with Crippen LogP contribution in [0.1, 0.15) is 30.9 Å². The minimum absolute atomic E-state index is 0.0288. The second kappa shape index (κ2) is 9.93. The molecule has 0 aliphatic carbocycles. The molecule has 1 aliphatic rings. The lowest BCUT2D eigenvalue weighted by Crippen LogP contribution is -2.41. The van der Waals surface area contributed by atoms with Crippen LogP contribution in [-0.4, -0.2) is 36.5 Å². The zero-order valence-electron chi connectivity index (χ0n) is 16.8. The van der Waals surface area contributed by atoms with E-state index < -0.39 is 46.6 Å². The molecule has 0 aromatic heterocycles. The van der Waals surface area contributed by atoms with E-state index in [1.165, 1.54) is 4.90 Å². The fourth-order valence-electron chi connectivity index (χ4n) is 3.08. The summed E-state index contributed by atoms with van der Waals surface area (Å²) in [6, 6.07) is 2.44. The van der Waals surface area contributed by atoms with E-state index >= 15 is 0 Å². The van der Waals surface area contributed by atoms with Crippen LogP contribution in [0.5, 0.6) is 0 Å². The lowest BCUT2D eigenvalue weighted by Gasteiger charge is -2.30. The second-order valence-electron chi connectivity index (χ2n) is 6.93. The van der Waals surface area contributed by atoms with Crippen LogP contribution >= 0.6 is 0 Å². The number of nitrogens with zero attached hydrogens (tertiary/aromatic N) is 2. The Balaban J connectivity index is 2.17. The number of alkyl halides is 6. The highest BCUT2D eigenvalue weighted by Crippen LogP contribution is 2.37. The normalized spacial score (nSPS) is 15.8. The topological polar surface area (TPSA) is 82.4 Å². The fourth-order valence-corrected chi connectivity index (χ4v) is 3.08. The van der Waals surface area contributed by atoms with E-state index in [2.05, 4.69) is 5.32 Å². The number of hydrogen-bond acceptors (Lipinski definition) is 5. The van der Waals surface area contributed by atoms with Gasteiger partial charge in [-0.25, -0.2) is 0 Å². The van der Waals surface area contributed by atoms with Gasteiger partial charge in [-0.15, -0.1) is 0 Å². The summed E-state index contributed by atoms with van der Waals surface area (Å²) in [4.78, 5) is 25.6. The molecule has 1 saturated heterocycles. The largest absolute Gasteiger partial charge is 0.466 e. The monoisotopic (exact) mass is 463 g/mol. The number of ether oxygens (including phenoxy) is 1. The van der Waals surface area contributed by atoms with Gasteiger partial charge < -0.3 is 15.0 Å². The van der Waals surface area contributed by atoms with Gasteiger partial charge in [0.25, 0.3) is 5.91 Å². The van der Waals surface area contributed by atoms with Crippen molar-refractivity contribution < 1.29 is 40.7 Å². The molecule has 12 heteroatoms. The minimum atomic E-state index is -5.03. The molecule has 0 radical (unpaired) electrons. The molecule has 0 spiro atoms. The van der Waals surface area contributed by atoms with E-state index in [0.717, 1.165) is 6.20 Å². The van der Waals surface area contributed by atoms with Crippen molar-refractivity contribution in [1.82, 2.24) is 4.90 Å². The predicted octanol–water partition coefficient (Wildman–Crippen LogP) is 4.35. The van der Waals surface area contributed by atoms with Crippen molar-refractivity contribution >= 4 is 17.6 Å². The molecule has 32 heavy (non-hydrogen) atoms. The number of amides is 1. The average Bonchev–Trinajstić information content (AvgIpc) is 2.73. The Bertz CT molecular complexity index is 894. The Morgan fingerprint density at radius 2 is 1.66 bits per heavy atom. The Labute approximate surface area is 179 Å². The van der Waals surface area contributed by atoms with Gasteiger partial charge in [0.05, 0.1) is 23.7 Å². The number of piperidine rings is 1. The fraction of sp³-hybridized carbons (Fsp3) is 0.450. The maximum atomic E-state index is 13.0. The molecule has 1 aromatic rings. The molecular formula is C20H19F6N3O3. The number of esters is 1. The first-order chi connectivity index (χ1) is 14.9. The summed E-state index contributed by atoms with van der Waals surface area (Å²) in [5, 5.41) is 11.4. The first-order valence-corrected chi connectivity index (χ1v) is 9.49. The smallest absolute Gasteiger partial charge is 0.416 e. The zero-order valence-corrected chi connectivity index (χ0v) is 16.8. The molecule has 0 unspecified atom stereocenters. The van der Waals surface area contributed by atoms with Crippen LogP contribution in [0.4, 0.5) is 32.0 Å². The second-order valence-corrected chi connectivity index (χ2v) is 6.93. The van der Waals surface area contributed by atoms with Crippen molar-refractivity contribution in [2.24, 2.45) is 5.92 Å². The number of rotatable bonds is 5. The van der Waals surface area contributed by atoms with Crippen molar-refractivity contribution in [3.8, 4) is 6.07 Å². The van der Waals surface area contributed by atoms with E-state index in [4.69, 9.17) is 4.74 Å². The third-order valence-electron chi connectivity index (χ3n) is 4.72. The van der Waals surface area contributed by atoms with Crippen molar-refractivity contribution in [2.75, 3.05) is 25.0 Å². The summed E-state index contributed by atoms with van der Waals surface area (Å²) < 4.78 is 82.6. The van der Waals surface area contributed by atoms with Gasteiger partial charge in [-0.2, -0.15) is 31.6 Å². The lowest BCUT2D eigenvalue weighted by molar-refractivity contribution is -0.150. The van der Waals surface area contributed by atoms with Crippen molar-refractivity contribution in [1.29, 1.82) is 5.26 Å². The number of likely N-dealkylation sites (tertiary alicyclic amines) is 1. The minimum Gasteiger partial charge on any atom is -0.466 e. The summed E-state index contributed by atoms with van der Waals surface area (Å²) in [6.07, 6.45) is -8.69. The Kier molecular flexibility index (Phi) is 7.77. The van der Waals surface area contributed by atoms with Gasteiger partial charge in [0, 0.05) is 25.0 Å². The maximum Gasteiger partial charge on any atom is 0.416 e. The summed E-state index contributed by atoms with van der Waals surface area (Å²) in [7, 11) is 0. The van der Waals surface area contributed by atoms with Crippen LogP contribution < -0.4 is 5.32 Å². The summed E-state index contributed by atoms with van der Waals surface area (Å²) >= 11 is 0. The molecule has 174 valence electrons. The summed E-state index contributed by atoms with van der Waals surface area (Å²) in [6.45, 7) is 2.17. The molecule has 1 N–H and O–H groups in total. The molecule has 1 aliphatic heterocycles. The van der Waals surface area contributed by atoms with Gasteiger partial charge in [0.15, 0.2) is 0 Å². The first-order valence-electron chi connectivity index (χ1n) is 9.49. The number of carbonyl (C=O) groups is 2. The van der Waals surface area contributed by atoms with Crippen LogP contribution in [0.3, 0.4) is 0 Å². The van der Waals surface area contributed by atoms with Crippen molar-refractivity contribution in [3.63, 3.8) is 0 Å². The van der Waals surface area contributed by atoms with E-state index in [9.17, 15) is 41.2 Å². The molecule has 6 nitrogen and oxygen atoms in total. The van der Waals surface area contributed by atoms with Crippen LogP contribution in [0.2, 0.25) is 0 Å². The molecule has 0 saturated carbocycles. The molecule has 1 fully saturated rings. The first kappa shape index (κ1) is 25.0. The lowest BCUT2D eigenvalue weighted by atomic mass is 9.96. The summed E-state index contributed by atoms with van der Waals surface area (Å²) in [5.41, 5.74) is -4.16. The summed E-state index contributed by atoms with van der Waals surface area (Å²) in [5.74, 6) is -1.54. The van der Waals surface area contributed by atoms with Gasteiger partial charge in [-0.05, 0) is 38.0 Å². The Morgan fingerprint density at radius 3 is 2.09 bits per heavy atom. The van der Waals surface area contributed by atoms with E-state index in [-0.39, 0.29) is 31.7 Å². The highest BCUT2D eigenvalue weighted by Gasteiger charge is 2.37. The van der Waals surface area contributed by atoms with Crippen LogP contribution in [0.25, 0.3) is 0 Å². The van der Waals surface area contributed by atoms with Crippen molar-refractivity contribution in [2.45, 2.75) is 32.1 Å². The average molecular weight is 463 g/mol. The number of nitriles is 1. The maximum absolute atomic E-state index is 13.0. The molecular weight excluding hydrogens is 444 g/mol. The predicted molar refractivity (Wildman–Crippen MR) is 99.7 cm³/mol. The number of nitrogens with one attached hydrogen (secondary N) is 1. The van der Waals surface area contributed by atoms with E-state index in [1.807, 2.05) is 0 Å². The van der Waals surface area contributed by atoms with Gasteiger partial charge in [-0.3, -0.25) is 9.59 Å². The third kappa shape index (κ3) is 6.38. The van der Waals surface area contributed by atoms with E-state index in [0.29, 0.717) is 25.0 Å². The molecule has 2 rings (SSSR count). The van der Waals surface area contributed by atoms with Crippen LogP contribution in [0, 0.1) is 17.2 Å². The van der Waals surface area contributed by atoms with Gasteiger partial charge in [-0.1, -0.05) is 0 Å². The molecule has 1 amide bonds. The van der Waals surface area contributed by atoms with E-state index in [1.54, 1.807) is 13.0 Å². The molecule has 0 bridgehead atoms. The van der Waals surface area contributed by atoms with Gasteiger partial charge in [0.2, 0.25) is 0 Å². The van der Waals surface area contributed by atoms with Crippen LogP contribution in [0.15, 0.2) is 30.0 Å². The van der Waals surface area contributed by atoms with Crippen molar-refractivity contribution in [3.05, 3.63) is 41.1 Å². The number of carbonyl (C=O) groups excluding carboxylic acids is 2. The number of halogens is 6. The molecule has 1 aromatic carbocycles. The Hall–Kier alpha value is -3.23. The SMILES string of the molecule is CCOC(=O)C1CCN(C(=O)/C(C#N)=C\Nc2cc(C(F)(F)F)cc(C(F)(F)F)c2)CC1. The number of hydrogen-bond donors (Lipinski definition) is 1. The number of anilines is 1.